The van der Waals surface area contributed by atoms with Gasteiger partial charge in [-0.05, 0) is 36.8 Å². The normalized spacial score (nSPS) is 13.4. The molecule has 0 bridgehead atoms. The number of nitrogens with one attached hydrogen (secondary N) is 2. The Morgan fingerprint density at radius 3 is 2.55 bits per heavy atom. The molecule has 0 aliphatic carbocycles. The number of amides is 1. The van der Waals surface area contributed by atoms with Crippen LogP contribution >= 0.6 is 0 Å². The highest BCUT2D eigenvalue weighted by Crippen LogP contribution is 2.10. The van der Waals surface area contributed by atoms with E-state index in [9.17, 15) is 9.90 Å². The molecular weight excluding hydrogens is 278 g/mol. The molecule has 116 valence electrons. The number of aromatic nitrogens is 1. The molecule has 0 fully saturated rings. The van der Waals surface area contributed by atoms with E-state index in [-0.39, 0.29) is 11.9 Å². The van der Waals surface area contributed by atoms with Gasteiger partial charge in [0.2, 0.25) is 5.91 Å². The second-order valence-electron chi connectivity index (χ2n) is 5.22. The van der Waals surface area contributed by atoms with Crippen LogP contribution in [0.15, 0.2) is 54.9 Å². The highest BCUT2D eigenvalue weighted by atomic mass is 16.3. The molecule has 0 aliphatic heterocycles. The molecule has 1 amide bonds. The highest BCUT2D eigenvalue weighted by Gasteiger charge is 2.12. The van der Waals surface area contributed by atoms with Crippen molar-refractivity contribution in [2.24, 2.45) is 0 Å². The fourth-order valence-electron chi connectivity index (χ4n) is 2.10. The standard InChI is InChI=1S/C17H21N3O2/c1-13(11-17(22)20-15-5-3-2-4-6-15)19-12-16(21)14-7-9-18-10-8-14/h2-10,13,16,19,21H,11-12H2,1H3,(H,20,22). The molecule has 2 aromatic rings. The molecule has 2 atom stereocenters. The Bertz CT molecular complexity index is 575. The van der Waals surface area contributed by atoms with Crippen LogP contribution in [0.4, 0.5) is 5.69 Å². The largest absolute Gasteiger partial charge is 0.387 e. The number of para-hydroxylation sites is 1. The van der Waals surface area contributed by atoms with E-state index >= 15 is 0 Å². The first-order valence-electron chi connectivity index (χ1n) is 7.31. The van der Waals surface area contributed by atoms with E-state index in [1.54, 1.807) is 24.5 Å². The summed E-state index contributed by atoms with van der Waals surface area (Å²) in [5.74, 6) is -0.0513. The van der Waals surface area contributed by atoms with Gasteiger partial charge in [0.25, 0.3) is 0 Å². The topological polar surface area (TPSA) is 74.2 Å². The van der Waals surface area contributed by atoms with E-state index < -0.39 is 6.10 Å². The van der Waals surface area contributed by atoms with Gasteiger partial charge in [-0.1, -0.05) is 18.2 Å². The second kappa shape index (κ2) is 8.26. The molecule has 0 radical (unpaired) electrons. The van der Waals surface area contributed by atoms with Crippen LogP contribution in [0.1, 0.15) is 25.0 Å². The van der Waals surface area contributed by atoms with Gasteiger partial charge in [-0.15, -0.1) is 0 Å². The van der Waals surface area contributed by atoms with Gasteiger partial charge in [-0.3, -0.25) is 9.78 Å². The Hall–Kier alpha value is -2.24. The van der Waals surface area contributed by atoms with Crippen molar-refractivity contribution >= 4 is 11.6 Å². The molecule has 2 unspecified atom stereocenters. The number of pyridine rings is 1. The van der Waals surface area contributed by atoms with Crippen LogP contribution in [0.3, 0.4) is 0 Å². The van der Waals surface area contributed by atoms with Crippen LogP contribution in [0.5, 0.6) is 0 Å². The minimum absolute atomic E-state index is 0.0276. The fourth-order valence-corrected chi connectivity index (χ4v) is 2.10. The number of aliphatic hydroxyl groups is 1. The Balaban J connectivity index is 1.73. The summed E-state index contributed by atoms with van der Waals surface area (Å²) in [6.45, 7) is 2.31. The predicted octanol–water partition coefficient (Wildman–Crippen LogP) is 2.12. The predicted molar refractivity (Wildman–Crippen MR) is 86.4 cm³/mol. The Morgan fingerprint density at radius 1 is 1.18 bits per heavy atom. The number of carbonyl (C=O) groups excluding carboxylic acids is 1. The van der Waals surface area contributed by atoms with E-state index in [2.05, 4.69) is 15.6 Å². The molecule has 22 heavy (non-hydrogen) atoms. The molecule has 1 aromatic heterocycles. The molecule has 0 spiro atoms. The molecule has 5 heteroatoms. The molecular formula is C17H21N3O2. The van der Waals surface area contributed by atoms with Crippen LogP contribution in [-0.4, -0.2) is 28.6 Å². The van der Waals surface area contributed by atoms with Crippen molar-refractivity contribution in [2.75, 3.05) is 11.9 Å². The summed E-state index contributed by atoms with van der Waals surface area (Å²) >= 11 is 0. The third-order valence-electron chi connectivity index (χ3n) is 3.30. The van der Waals surface area contributed by atoms with Crippen LogP contribution in [-0.2, 0) is 4.79 Å². The molecule has 5 nitrogen and oxygen atoms in total. The lowest BCUT2D eigenvalue weighted by Gasteiger charge is -2.17. The quantitative estimate of drug-likeness (QED) is 0.732. The SMILES string of the molecule is CC(CC(=O)Nc1ccccc1)NCC(O)c1ccncc1. The summed E-state index contributed by atoms with van der Waals surface area (Å²) in [7, 11) is 0. The average Bonchev–Trinajstić information content (AvgIpc) is 2.54. The summed E-state index contributed by atoms with van der Waals surface area (Å²) in [4.78, 5) is 15.8. The first-order chi connectivity index (χ1) is 10.6. The molecule has 3 N–H and O–H groups in total. The number of carbonyl (C=O) groups is 1. The van der Waals surface area contributed by atoms with Crippen LogP contribution in [0, 0.1) is 0 Å². The van der Waals surface area contributed by atoms with Gasteiger partial charge in [-0.2, -0.15) is 0 Å². The van der Waals surface area contributed by atoms with E-state index in [1.165, 1.54) is 0 Å². The summed E-state index contributed by atoms with van der Waals surface area (Å²) in [5.41, 5.74) is 1.60. The maximum absolute atomic E-state index is 11.9. The lowest BCUT2D eigenvalue weighted by molar-refractivity contribution is -0.116. The number of hydrogen-bond donors (Lipinski definition) is 3. The van der Waals surface area contributed by atoms with E-state index in [0.29, 0.717) is 13.0 Å². The second-order valence-corrected chi connectivity index (χ2v) is 5.22. The van der Waals surface area contributed by atoms with Gasteiger partial charge < -0.3 is 15.7 Å². The van der Waals surface area contributed by atoms with Crippen LogP contribution in [0.2, 0.25) is 0 Å². The van der Waals surface area contributed by atoms with Crippen molar-refractivity contribution in [3.8, 4) is 0 Å². The van der Waals surface area contributed by atoms with Crippen molar-refractivity contribution in [1.82, 2.24) is 10.3 Å². The van der Waals surface area contributed by atoms with E-state index in [0.717, 1.165) is 11.3 Å². The van der Waals surface area contributed by atoms with Gasteiger partial charge in [0, 0.05) is 37.1 Å². The smallest absolute Gasteiger partial charge is 0.225 e. The minimum Gasteiger partial charge on any atom is -0.387 e. The third kappa shape index (κ3) is 5.27. The van der Waals surface area contributed by atoms with Gasteiger partial charge >= 0.3 is 0 Å². The van der Waals surface area contributed by atoms with Crippen LogP contribution < -0.4 is 10.6 Å². The maximum Gasteiger partial charge on any atom is 0.225 e. The van der Waals surface area contributed by atoms with Crippen LogP contribution in [0.25, 0.3) is 0 Å². The van der Waals surface area contributed by atoms with Crippen molar-refractivity contribution in [2.45, 2.75) is 25.5 Å². The Kier molecular flexibility index (Phi) is 6.06. The Morgan fingerprint density at radius 2 is 1.86 bits per heavy atom. The number of nitrogens with zero attached hydrogens (tertiary/aromatic N) is 1. The van der Waals surface area contributed by atoms with E-state index in [1.807, 2.05) is 37.3 Å². The molecule has 0 aliphatic rings. The van der Waals surface area contributed by atoms with E-state index in [4.69, 9.17) is 0 Å². The zero-order valence-corrected chi connectivity index (χ0v) is 12.6. The molecule has 0 saturated heterocycles. The minimum atomic E-state index is -0.609. The lowest BCUT2D eigenvalue weighted by Crippen LogP contribution is -2.33. The number of benzene rings is 1. The van der Waals surface area contributed by atoms with Crippen molar-refractivity contribution in [1.29, 1.82) is 0 Å². The Labute approximate surface area is 130 Å². The van der Waals surface area contributed by atoms with Gasteiger partial charge in [0.15, 0.2) is 0 Å². The fraction of sp³-hybridized carbons (Fsp3) is 0.294. The number of aliphatic hydroxyl groups excluding tert-OH is 1. The molecule has 1 aromatic carbocycles. The number of anilines is 1. The zero-order chi connectivity index (χ0) is 15.8. The summed E-state index contributed by atoms with van der Waals surface area (Å²) in [6.07, 6.45) is 3.03. The zero-order valence-electron chi connectivity index (χ0n) is 12.6. The maximum atomic E-state index is 11.9. The monoisotopic (exact) mass is 299 g/mol. The van der Waals surface area contributed by atoms with Crippen molar-refractivity contribution in [3.05, 3.63) is 60.4 Å². The summed E-state index contributed by atoms with van der Waals surface area (Å²) in [5, 5.41) is 16.1. The molecule has 1 heterocycles. The van der Waals surface area contributed by atoms with Crippen molar-refractivity contribution in [3.63, 3.8) is 0 Å². The number of rotatable bonds is 7. The summed E-state index contributed by atoms with van der Waals surface area (Å²) < 4.78 is 0. The number of hydrogen-bond acceptors (Lipinski definition) is 4. The third-order valence-corrected chi connectivity index (χ3v) is 3.30. The van der Waals surface area contributed by atoms with Crippen molar-refractivity contribution < 1.29 is 9.90 Å². The first-order valence-corrected chi connectivity index (χ1v) is 7.31. The average molecular weight is 299 g/mol. The molecule has 2 rings (SSSR count). The lowest BCUT2D eigenvalue weighted by atomic mass is 10.1. The van der Waals surface area contributed by atoms with Gasteiger partial charge in [0.05, 0.1) is 6.10 Å². The van der Waals surface area contributed by atoms with Gasteiger partial charge in [0.1, 0.15) is 0 Å². The molecule has 0 saturated carbocycles. The first kappa shape index (κ1) is 16.1. The van der Waals surface area contributed by atoms with Gasteiger partial charge in [-0.25, -0.2) is 0 Å². The highest BCUT2D eigenvalue weighted by molar-refractivity contribution is 5.90. The summed E-state index contributed by atoms with van der Waals surface area (Å²) in [6, 6.07) is 12.9.